The molecule has 1 aliphatic carbocycles. The summed E-state index contributed by atoms with van der Waals surface area (Å²) in [7, 11) is 0. The highest BCUT2D eigenvalue weighted by Gasteiger charge is 2.29. The van der Waals surface area contributed by atoms with Crippen LogP contribution in [0.3, 0.4) is 0 Å². The van der Waals surface area contributed by atoms with Gasteiger partial charge in [0.1, 0.15) is 0 Å². The van der Waals surface area contributed by atoms with E-state index >= 15 is 0 Å². The highest BCUT2D eigenvalue weighted by molar-refractivity contribution is 5.43. The number of benzene rings is 1. The predicted octanol–water partition coefficient (Wildman–Crippen LogP) is 2.27. The van der Waals surface area contributed by atoms with Crippen molar-refractivity contribution in [2.45, 2.75) is 18.8 Å². The Kier molecular flexibility index (Phi) is 1.57. The van der Waals surface area contributed by atoms with E-state index in [4.69, 9.17) is 0 Å². The number of hydrogen-bond donors (Lipinski definition) is 0. The Morgan fingerprint density at radius 2 is 2.33 bits per heavy atom. The van der Waals surface area contributed by atoms with Gasteiger partial charge in [0.2, 0.25) is 0 Å². The second-order valence-electron chi connectivity index (χ2n) is 3.00. The topological polar surface area (TPSA) is 43.1 Å². The molecule has 61 valence electrons. The molecule has 3 nitrogen and oxygen atoms in total. The molecule has 1 radical (unpaired) electrons. The molecule has 1 aliphatic rings. The van der Waals surface area contributed by atoms with E-state index in [9.17, 15) is 10.1 Å². The first-order valence-electron chi connectivity index (χ1n) is 3.94. The van der Waals surface area contributed by atoms with E-state index in [1.807, 2.05) is 0 Å². The Hall–Kier alpha value is -1.38. The molecule has 1 fully saturated rings. The van der Waals surface area contributed by atoms with E-state index in [2.05, 4.69) is 6.07 Å². The summed E-state index contributed by atoms with van der Waals surface area (Å²) in [4.78, 5) is 10.2. The summed E-state index contributed by atoms with van der Waals surface area (Å²) in [5.41, 5.74) is 1.00. The Morgan fingerprint density at radius 1 is 1.58 bits per heavy atom. The molecule has 0 saturated heterocycles. The zero-order chi connectivity index (χ0) is 8.55. The minimum Gasteiger partial charge on any atom is -0.258 e. The summed E-state index contributed by atoms with van der Waals surface area (Å²) in [5.74, 6) is 0.395. The fourth-order valence-electron chi connectivity index (χ4n) is 1.30. The molecule has 0 amide bonds. The molecule has 0 aliphatic heterocycles. The van der Waals surface area contributed by atoms with Crippen molar-refractivity contribution in [3.63, 3.8) is 0 Å². The van der Waals surface area contributed by atoms with Crippen molar-refractivity contribution in [3.8, 4) is 0 Å². The Morgan fingerprint density at radius 3 is 2.92 bits per heavy atom. The van der Waals surface area contributed by atoms with E-state index in [1.165, 1.54) is 0 Å². The molecule has 0 bridgehead atoms. The third kappa shape index (κ3) is 1.18. The quantitative estimate of drug-likeness (QED) is 0.494. The number of nitro benzene ring substituents is 1. The standard InChI is InChI=1S/C9H8NO2/c11-10(12)9-4-2-1-3-8(9)7-5-6-7/h1-2,4,7H,5-6H2. The van der Waals surface area contributed by atoms with Gasteiger partial charge in [0.15, 0.2) is 0 Å². The van der Waals surface area contributed by atoms with Gasteiger partial charge in [-0.25, -0.2) is 0 Å². The van der Waals surface area contributed by atoms with E-state index in [0.29, 0.717) is 5.92 Å². The molecule has 2 rings (SSSR count). The SMILES string of the molecule is O=[N+]([O-])c1ccc[c]c1C1CC1. The first kappa shape index (κ1) is 7.28. The molecular weight excluding hydrogens is 154 g/mol. The van der Waals surface area contributed by atoms with Crippen LogP contribution in [0.4, 0.5) is 5.69 Å². The van der Waals surface area contributed by atoms with Crippen molar-refractivity contribution >= 4 is 5.69 Å². The fraction of sp³-hybridized carbons (Fsp3) is 0.333. The number of hydrogen-bond acceptors (Lipinski definition) is 2. The summed E-state index contributed by atoms with van der Waals surface area (Å²) in [6.45, 7) is 0. The lowest BCUT2D eigenvalue weighted by atomic mass is 10.1. The summed E-state index contributed by atoms with van der Waals surface area (Å²) in [5, 5.41) is 10.5. The summed E-state index contributed by atoms with van der Waals surface area (Å²) >= 11 is 0. The van der Waals surface area contributed by atoms with E-state index in [-0.39, 0.29) is 10.6 Å². The molecule has 0 unspecified atom stereocenters. The van der Waals surface area contributed by atoms with Crippen LogP contribution in [0.25, 0.3) is 0 Å². The van der Waals surface area contributed by atoms with Crippen LogP contribution in [-0.4, -0.2) is 4.92 Å². The lowest BCUT2D eigenvalue weighted by Gasteiger charge is -1.97. The first-order valence-corrected chi connectivity index (χ1v) is 3.94. The van der Waals surface area contributed by atoms with Crippen molar-refractivity contribution in [2.24, 2.45) is 0 Å². The minimum absolute atomic E-state index is 0.222. The molecule has 0 N–H and O–H groups in total. The van der Waals surface area contributed by atoms with Crippen molar-refractivity contribution in [1.29, 1.82) is 0 Å². The van der Waals surface area contributed by atoms with Crippen LogP contribution in [0.1, 0.15) is 24.3 Å². The fourth-order valence-corrected chi connectivity index (χ4v) is 1.30. The van der Waals surface area contributed by atoms with E-state index < -0.39 is 0 Å². The third-order valence-electron chi connectivity index (χ3n) is 2.05. The lowest BCUT2D eigenvalue weighted by Crippen LogP contribution is -1.93. The maximum Gasteiger partial charge on any atom is 0.273 e. The van der Waals surface area contributed by atoms with Crippen molar-refractivity contribution in [1.82, 2.24) is 0 Å². The highest BCUT2D eigenvalue weighted by Crippen LogP contribution is 2.43. The maximum absolute atomic E-state index is 10.5. The van der Waals surface area contributed by atoms with Crippen LogP contribution < -0.4 is 0 Å². The summed E-state index contributed by atoms with van der Waals surface area (Å²) in [6, 6.07) is 7.88. The zero-order valence-corrected chi connectivity index (χ0v) is 6.49. The van der Waals surface area contributed by atoms with Crippen LogP contribution in [0, 0.1) is 16.2 Å². The van der Waals surface area contributed by atoms with Gasteiger partial charge in [-0.15, -0.1) is 0 Å². The minimum atomic E-state index is -0.329. The van der Waals surface area contributed by atoms with Crippen molar-refractivity contribution < 1.29 is 4.92 Å². The second kappa shape index (κ2) is 2.59. The number of nitrogens with zero attached hydrogens (tertiary/aromatic N) is 1. The Labute approximate surface area is 70.2 Å². The molecule has 0 atom stereocenters. The lowest BCUT2D eigenvalue weighted by molar-refractivity contribution is -0.385. The van der Waals surface area contributed by atoms with Crippen molar-refractivity contribution in [3.05, 3.63) is 39.9 Å². The summed E-state index contributed by atoms with van der Waals surface area (Å²) in [6.07, 6.45) is 2.14. The van der Waals surface area contributed by atoms with Crippen LogP contribution in [0.5, 0.6) is 0 Å². The van der Waals surface area contributed by atoms with Gasteiger partial charge in [-0.2, -0.15) is 0 Å². The predicted molar refractivity (Wildman–Crippen MR) is 43.9 cm³/mol. The van der Waals surface area contributed by atoms with Gasteiger partial charge in [-0.1, -0.05) is 12.1 Å². The molecule has 0 spiro atoms. The molecule has 1 aromatic carbocycles. The van der Waals surface area contributed by atoms with Gasteiger partial charge in [-0.3, -0.25) is 10.1 Å². The average Bonchev–Trinajstić information content (AvgIpc) is 2.87. The first-order chi connectivity index (χ1) is 5.79. The number of nitro groups is 1. The zero-order valence-electron chi connectivity index (χ0n) is 6.49. The maximum atomic E-state index is 10.5. The Balaban J connectivity index is 2.43. The third-order valence-corrected chi connectivity index (χ3v) is 2.05. The molecule has 3 heteroatoms. The molecule has 12 heavy (non-hydrogen) atoms. The van der Waals surface area contributed by atoms with Gasteiger partial charge in [0.25, 0.3) is 5.69 Å². The van der Waals surface area contributed by atoms with E-state index in [1.54, 1.807) is 18.2 Å². The second-order valence-corrected chi connectivity index (χ2v) is 3.00. The monoisotopic (exact) mass is 162 g/mol. The van der Waals surface area contributed by atoms with Crippen molar-refractivity contribution in [2.75, 3.05) is 0 Å². The van der Waals surface area contributed by atoms with Gasteiger partial charge in [0.05, 0.1) is 4.92 Å². The van der Waals surface area contributed by atoms with Crippen LogP contribution in [0.15, 0.2) is 18.2 Å². The highest BCUT2D eigenvalue weighted by atomic mass is 16.6. The average molecular weight is 162 g/mol. The Bertz CT molecular complexity index is 318. The molecule has 1 saturated carbocycles. The number of rotatable bonds is 2. The van der Waals surface area contributed by atoms with Crippen LogP contribution in [-0.2, 0) is 0 Å². The molecular formula is C9H8NO2. The molecule has 1 aromatic rings. The molecule has 0 aromatic heterocycles. The largest absolute Gasteiger partial charge is 0.273 e. The van der Waals surface area contributed by atoms with Crippen LogP contribution in [0.2, 0.25) is 0 Å². The van der Waals surface area contributed by atoms with Gasteiger partial charge in [-0.05, 0) is 24.8 Å². The molecule has 0 heterocycles. The van der Waals surface area contributed by atoms with E-state index in [0.717, 1.165) is 18.4 Å². The van der Waals surface area contributed by atoms with Gasteiger partial charge >= 0.3 is 0 Å². The summed E-state index contributed by atoms with van der Waals surface area (Å²) < 4.78 is 0. The van der Waals surface area contributed by atoms with Gasteiger partial charge < -0.3 is 0 Å². The smallest absolute Gasteiger partial charge is 0.258 e. The van der Waals surface area contributed by atoms with Gasteiger partial charge in [0, 0.05) is 11.6 Å². The van der Waals surface area contributed by atoms with Crippen LogP contribution >= 0.6 is 0 Å². The normalized spacial score (nSPS) is 16.0.